The molecule has 0 bridgehead atoms. The van der Waals surface area contributed by atoms with Gasteiger partial charge in [-0.15, -0.1) is 10.2 Å². The summed E-state index contributed by atoms with van der Waals surface area (Å²) in [4.78, 5) is 15.3. The van der Waals surface area contributed by atoms with Gasteiger partial charge in [-0.05, 0) is 24.6 Å². The van der Waals surface area contributed by atoms with Crippen molar-refractivity contribution in [2.24, 2.45) is 0 Å². The zero-order valence-electron chi connectivity index (χ0n) is 17.8. The van der Waals surface area contributed by atoms with Crippen molar-refractivity contribution in [1.29, 1.82) is 0 Å². The Morgan fingerprint density at radius 1 is 1.12 bits per heavy atom. The van der Waals surface area contributed by atoms with Gasteiger partial charge in [0.05, 0.1) is 17.6 Å². The molecule has 0 saturated carbocycles. The number of nitrogens with zero attached hydrogens (tertiary/aromatic N) is 4. The minimum absolute atomic E-state index is 0.150. The Hall–Kier alpha value is -3.52. The van der Waals surface area contributed by atoms with E-state index in [4.69, 9.17) is 4.42 Å². The van der Waals surface area contributed by atoms with Crippen LogP contribution in [0, 0.1) is 5.82 Å². The Balaban J connectivity index is 1.56. The first-order valence-corrected chi connectivity index (χ1v) is 10.8. The van der Waals surface area contributed by atoms with E-state index in [0.717, 1.165) is 31.7 Å². The maximum atomic E-state index is 15.0. The second-order valence-corrected chi connectivity index (χ2v) is 7.88. The van der Waals surface area contributed by atoms with Crippen LogP contribution >= 0.6 is 0 Å². The lowest BCUT2D eigenvalue weighted by Crippen LogP contribution is -2.43. The van der Waals surface area contributed by atoms with E-state index in [1.807, 2.05) is 46.7 Å². The maximum absolute atomic E-state index is 15.0. The molecule has 1 aliphatic heterocycles. The minimum atomic E-state index is -0.397. The van der Waals surface area contributed by atoms with Crippen LogP contribution in [0.4, 0.5) is 10.1 Å². The summed E-state index contributed by atoms with van der Waals surface area (Å²) in [5, 5.41) is 11.8. The van der Waals surface area contributed by atoms with Crippen molar-refractivity contribution in [3.8, 4) is 11.5 Å². The number of pyridine rings is 1. The highest BCUT2D eigenvalue weighted by molar-refractivity contribution is 5.86. The van der Waals surface area contributed by atoms with Crippen LogP contribution < -0.4 is 15.6 Å². The third-order valence-corrected chi connectivity index (χ3v) is 5.84. The van der Waals surface area contributed by atoms with Gasteiger partial charge in [-0.2, -0.15) is 0 Å². The number of rotatable bonds is 5. The van der Waals surface area contributed by atoms with Crippen molar-refractivity contribution in [1.82, 2.24) is 20.1 Å². The predicted molar refractivity (Wildman–Crippen MR) is 121 cm³/mol. The summed E-state index contributed by atoms with van der Waals surface area (Å²) < 4.78 is 22.8. The first kappa shape index (κ1) is 20.4. The Kier molecular flexibility index (Phi) is 5.45. The van der Waals surface area contributed by atoms with Crippen molar-refractivity contribution >= 4 is 16.6 Å². The fourth-order valence-corrected chi connectivity index (χ4v) is 4.17. The summed E-state index contributed by atoms with van der Waals surface area (Å²) in [6.07, 6.45) is 2.20. The molecule has 0 radical (unpaired) electrons. The van der Waals surface area contributed by atoms with Crippen LogP contribution in [-0.4, -0.2) is 40.9 Å². The number of aryl methyl sites for hydroxylation is 1. The molecule has 0 amide bonds. The lowest BCUT2D eigenvalue weighted by molar-refractivity contribution is 0.517. The van der Waals surface area contributed by atoms with Gasteiger partial charge in [0.1, 0.15) is 11.4 Å². The average molecular weight is 433 g/mol. The molecule has 7 nitrogen and oxygen atoms in total. The maximum Gasteiger partial charge on any atom is 0.253 e. The molecule has 8 heteroatoms. The normalized spacial score (nSPS) is 14.2. The van der Waals surface area contributed by atoms with Crippen LogP contribution in [0.3, 0.4) is 0 Å². The summed E-state index contributed by atoms with van der Waals surface area (Å²) in [5.41, 5.74) is 2.22. The van der Waals surface area contributed by atoms with E-state index in [0.29, 0.717) is 35.4 Å². The van der Waals surface area contributed by atoms with E-state index < -0.39 is 5.82 Å². The van der Waals surface area contributed by atoms with Crippen LogP contribution in [0.15, 0.2) is 57.9 Å². The highest BCUT2D eigenvalue weighted by atomic mass is 19.1. The molecule has 0 unspecified atom stereocenters. The van der Waals surface area contributed by atoms with Gasteiger partial charge in [0.25, 0.3) is 5.89 Å². The summed E-state index contributed by atoms with van der Waals surface area (Å²) in [6.45, 7) is 5.66. The summed E-state index contributed by atoms with van der Waals surface area (Å²) in [5.74, 6) is 0.178. The zero-order chi connectivity index (χ0) is 22.1. The molecule has 1 saturated heterocycles. The van der Waals surface area contributed by atoms with Crippen LogP contribution in [0.1, 0.15) is 18.4 Å². The van der Waals surface area contributed by atoms with Crippen LogP contribution in [0.2, 0.25) is 0 Å². The summed E-state index contributed by atoms with van der Waals surface area (Å²) in [6, 6.07) is 12.9. The molecule has 164 valence electrons. The molecule has 32 heavy (non-hydrogen) atoms. The molecule has 5 rings (SSSR count). The Bertz CT molecular complexity index is 1310. The molecule has 4 aromatic rings. The van der Waals surface area contributed by atoms with E-state index in [2.05, 4.69) is 15.5 Å². The van der Waals surface area contributed by atoms with Crippen molar-refractivity contribution in [2.45, 2.75) is 19.9 Å². The highest BCUT2D eigenvalue weighted by Gasteiger charge is 2.20. The van der Waals surface area contributed by atoms with Gasteiger partial charge in [0, 0.05) is 44.3 Å². The molecule has 1 aliphatic rings. The first-order chi connectivity index (χ1) is 15.6. The Morgan fingerprint density at radius 3 is 2.66 bits per heavy atom. The van der Waals surface area contributed by atoms with Gasteiger partial charge in [0.15, 0.2) is 0 Å². The molecule has 2 aromatic carbocycles. The molecule has 3 heterocycles. The van der Waals surface area contributed by atoms with Gasteiger partial charge in [-0.25, -0.2) is 4.39 Å². The van der Waals surface area contributed by atoms with Gasteiger partial charge >= 0.3 is 0 Å². The fraction of sp³-hybridized carbons (Fsp3) is 0.292. The van der Waals surface area contributed by atoms with Crippen molar-refractivity contribution in [2.75, 3.05) is 31.1 Å². The quantitative estimate of drug-likeness (QED) is 0.521. The third kappa shape index (κ3) is 3.78. The second-order valence-electron chi connectivity index (χ2n) is 7.88. The van der Waals surface area contributed by atoms with E-state index in [9.17, 15) is 4.79 Å². The van der Waals surface area contributed by atoms with Crippen molar-refractivity contribution in [3.63, 3.8) is 0 Å². The van der Waals surface area contributed by atoms with E-state index in [1.165, 1.54) is 6.07 Å². The Morgan fingerprint density at radius 2 is 1.91 bits per heavy atom. The number of fused-ring (bicyclic) bond motifs is 1. The molecule has 0 spiro atoms. The number of halogens is 1. The fourth-order valence-electron chi connectivity index (χ4n) is 4.17. The second kappa shape index (κ2) is 8.55. The number of piperazine rings is 1. The highest BCUT2D eigenvalue weighted by Crippen LogP contribution is 2.27. The molecule has 0 atom stereocenters. The zero-order valence-corrected chi connectivity index (χ0v) is 17.8. The predicted octanol–water partition coefficient (Wildman–Crippen LogP) is 3.21. The van der Waals surface area contributed by atoms with Crippen molar-refractivity contribution < 1.29 is 8.81 Å². The number of anilines is 1. The summed E-state index contributed by atoms with van der Waals surface area (Å²) >= 11 is 0. The average Bonchev–Trinajstić information content (AvgIpc) is 3.28. The topological polar surface area (TPSA) is 76.2 Å². The third-order valence-electron chi connectivity index (χ3n) is 5.84. The van der Waals surface area contributed by atoms with Gasteiger partial charge < -0.3 is 19.2 Å². The van der Waals surface area contributed by atoms with Crippen LogP contribution in [0.25, 0.3) is 22.4 Å². The van der Waals surface area contributed by atoms with E-state index in [-0.39, 0.29) is 16.9 Å². The molecule has 1 fully saturated rings. The van der Waals surface area contributed by atoms with Gasteiger partial charge in [-0.1, -0.05) is 30.3 Å². The van der Waals surface area contributed by atoms with E-state index in [1.54, 1.807) is 12.3 Å². The number of nitrogens with one attached hydrogen (secondary N) is 1. The minimum Gasteiger partial charge on any atom is -0.420 e. The monoisotopic (exact) mass is 433 g/mol. The molecular weight excluding hydrogens is 409 g/mol. The van der Waals surface area contributed by atoms with Gasteiger partial charge in [0.2, 0.25) is 11.3 Å². The standard InChI is InChI=1S/C24H24FN5O2/c1-2-29-15-18(24-28-27-22(32-24)12-16-6-4-3-5-7-16)23(31)17-13-19(25)21(14-20(17)29)30-10-8-26-9-11-30/h3-7,13-15,26H,2,8-12H2,1H3. The van der Waals surface area contributed by atoms with Crippen LogP contribution in [-0.2, 0) is 13.0 Å². The summed E-state index contributed by atoms with van der Waals surface area (Å²) in [7, 11) is 0. The number of benzene rings is 2. The lowest BCUT2D eigenvalue weighted by atomic mass is 10.1. The molecule has 0 aliphatic carbocycles. The Labute approximate surface area is 184 Å². The molecule has 1 N–H and O–H groups in total. The molecule has 2 aromatic heterocycles. The van der Waals surface area contributed by atoms with Crippen molar-refractivity contribution in [3.05, 3.63) is 76.2 Å². The largest absolute Gasteiger partial charge is 0.420 e. The number of aromatic nitrogens is 3. The number of hydrogen-bond acceptors (Lipinski definition) is 6. The molecular formula is C24H24FN5O2. The van der Waals surface area contributed by atoms with Crippen LogP contribution in [0.5, 0.6) is 0 Å². The van der Waals surface area contributed by atoms with E-state index >= 15 is 4.39 Å². The SMILES string of the molecule is CCn1cc(-c2nnc(Cc3ccccc3)o2)c(=O)c2cc(F)c(N3CCNCC3)cc21. The smallest absolute Gasteiger partial charge is 0.253 e. The van der Waals surface area contributed by atoms with Gasteiger partial charge in [-0.3, -0.25) is 4.79 Å². The first-order valence-electron chi connectivity index (χ1n) is 10.8. The lowest BCUT2D eigenvalue weighted by Gasteiger charge is -2.30. The number of hydrogen-bond donors (Lipinski definition) is 1.